The molecule has 0 amide bonds. The summed E-state index contributed by atoms with van der Waals surface area (Å²) in [6.07, 6.45) is 1.92. The van der Waals surface area contributed by atoms with E-state index in [0.717, 1.165) is 17.0 Å². The van der Waals surface area contributed by atoms with Crippen LogP contribution < -0.4 is 10.6 Å². The van der Waals surface area contributed by atoms with Crippen molar-refractivity contribution in [3.8, 4) is 11.4 Å². The van der Waals surface area contributed by atoms with Gasteiger partial charge in [-0.05, 0) is 24.3 Å². The molecule has 0 aliphatic rings. The fourth-order valence-corrected chi connectivity index (χ4v) is 2.82. The van der Waals surface area contributed by atoms with Crippen LogP contribution in [0.2, 0.25) is 5.02 Å². The Labute approximate surface area is 188 Å². The summed E-state index contributed by atoms with van der Waals surface area (Å²) in [6, 6.07) is 13.0. The standard InChI is InChI=1S/C18H17ClN8O.HI/c1-20-18(21-10-15-25-24-14-7-2-3-8-27(14)15)22-11-16-23-17(26-28-16)12-5-4-6-13(19)9-12;/h2-9H,10-11H2,1H3,(H2,20,21,22);1H. The number of hydrogen-bond acceptors (Lipinski definition) is 6. The van der Waals surface area contributed by atoms with Crippen LogP contribution in [0.4, 0.5) is 0 Å². The average Bonchev–Trinajstić information content (AvgIpc) is 3.35. The molecule has 0 fully saturated rings. The fraction of sp³-hybridized carbons (Fsp3) is 0.167. The SMILES string of the molecule is CN=C(NCc1nc(-c2cccc(Cl)c2)no1)NCc1nnc2ccccn12.I. The minimum atomic E-state index is 0. The first-order valence-corrected chi connectivity index (χ1v) is 8.92. The first-order chi connectivity index (χ1) is 13.7. The molecule has 0 aliphatic carbocycles. The van der Waals surface area contributed by atoms with Gasteiger partial charge in [0, 0.05) is 23.8 Å². The lowest BCUT2D eigenvalue weighted by Gasteiger charge is -2.09. The van der Waals surface area contributed by atoms with Crippen molar-refractivity contribution in [2.45, 2.75) is 13.1 Å². The molecule has 9 nitrogen and oxygen atoms in total. The topological polar surface area (TPSA) is 106 Å². The molecular weight excluding hydrogens is 507 g/mol. The summed E-state index contributed by atoms with van der Waals surface area (Å²) in [5.41, 5.74) is 1.59. The lowest BCUT2D eigenvalue weighted by Crippen LogP contribution is -2.36. The summed E-state index contributed by atoms with van der Waals surface area (Å²) in [4.78, 5) is 8.56. The molecule has 3 aromatic heterocycles. The van der Waals surface area contributed by atoms with Crippen molar-refractivity contribution < 1.29 is 4.52 Å². The number of halogens is 2. The van der Waals surface area contributed by atoms with E-state index in [2.05, 4.69) is 36.0 Å². The smallest absolute Gasteiger partial charge is 0.246 e. The summed E-state index contributed by atoms with van der Waals surface area (Å²) < 4.78 is 7.20. The number of benzene rings is 1. The van der Waals surface area contributed by atoms with Crippen molar-refractivity contribution in [1.82, 2.24) is 35.4 Å². The maximum atomic E-state index is 6.00. The van der Waals surface area contributed by atoms with E-state index in [4.69, 9.17) is 16.1 Å². The number of pyridine rings is 1. The molecule has 0 bridgehead atoms. The molecule has 0 unspecified atom stereocenters. The van der Waals surface area contributed by atoms with Gasteiger partial charge >= 0.3 is 0 Å². The van der Waals surface area contributed by atoms with Crippen LogP contribution in [0.1, 0.15) is 11.7 Å². The van der Waals surface area contributed by atoms with Crippen molar-refractivity contribution in [2.24, 2.45) is 4.99 Å². The zero-order valence-corrected chi connectivity index (χ0v) is 18.5. The minimum absolute atomic E-state index is 0. The highest BCUT2D eigenvalue weighted by molar-refractivity contribution is 14.0. The number of fused-ring (bicyclic) bond motifs is 1. The molecular formula is C18H18ClIN8O. The Kier molecular flexibility index (Phi) is 6.99. The summed E-state index contributed by atoms with van der Waals surface area (Å²) in [7, 11) is 1.68. The van der Waals surface area contributed by atoms with E-state index in [9.17, 15) is 0 Å². The van der Waals surface area contributed by atoms with E-state index in [0.29, 0.717) is 35.8 Å². The largest absolute Gasteiger partial charge is 0.349 e. The van der Waals surface area contributed by atoms with Gasteiger partial charge in [0.15, 0.2) is 17.4 Å². The maximum absolute atomic E-state index is 6.00. The Bertz CT molecular complexity index is 1130. The number of hydrogen-bond donors (Lipinski definition) is 2. The predicted molar refractivity (Wildman–Crippen MR) is 120 cm³/mol. The van der Waals surface area contributed by atoms with E-state index in [1.807, 2.05) is 40.9 Å². The molecule has 0 saturated heterocycles. The second-order valence-corrected chi connectivity index (χ2v) is 6.28. The third-order valence-electron chi connectivity index (χ3n) is 3.98. The Morgan fingerprint density at radius 2 is 2.00 bits per heavy atom. The van der Waals surface area contributed by atoms with Gasteiger partial charge in [0.25, 0.3) is 0 Å². The van der Waals surface area contributed by atoms with E-state index < -0.39 is 0 Å². The summed E-state index contributed by atoms with van der Waals surface area (Å²) in [5, 5.41) is 19.2. The quantitative estimate of drug-likeness (QED) is 0.235. The molecule has 11 heteroatoms. The van der Waals surface area contributed by atoms with Gasteiger partial charge in [-0.3, -0.25) is 9.39 Å². The molecule has 4 rings (SSSR count). The van der Waals surface area contributed by atoms with Crippen molar-refractivity contribution in [3.05, 3.63) is 65.4 Å². The van der Waals surface area contributed by atoms with Gasteiger partial charge in [0.1, 0.15) is 0 Å². The van der Waals surface area contributed by atoms with Gasteiger partial charge in [-0.15, -0.1) is 34.2 Å². The molecule has 4 aromatic rings. The Morgan fingerprint density at radius 3 is 2.83 bits per heavy atom. The molecule has 0 radical (unpaired) electrons. The third-order valence-corrected chi connectivity index (χ3v) is 4.21. The summed E-state index contributed by atoms with van der Waals surface area (Å²) >= 11 is 6.00. The molecule has 150 valence electrons. The second-order valence-electron chi connectivity index (χ2n) is 5.85. The van der Waals surface area contributed by atoms with E-state index in [1.54, 1.807) is 19.2 Å². The predicted octanol–water partition coefficient (Wildman–Crippen LogP) is 2.92. The average molecular weight is 525 g/mol. The van der Waals surface area contributed by atoms with Crippen molar-refractivity contribution >= 4 is 47.2 Å². The highest BCUT2D eigenvalue weighted by Gasteiger charge is 2.10. The molecule has 1 aromatic carbocycles. The van der Waals surface area contributed by atoms with Crippen LogP contribution in [-0.4, -0.2) is 37.7 Å². The highest BCUT2D eigenvalue weighted by atomic mass is 127. The van der Waals surface area contributed by atoms with Crippen LogP contribution in [0.3, 0.4) is 0 Å². The monoisotopic (exact) mass is 524 g/mol. The normalized spacial score (nSPS) is 11.3. The molecule has 0 saturated carbocycles. The Morgan fingerprint density at radius 1 is 1.14 bits per heavy atom. The van der Waals surface area contributed by atoms with E-state index >= 15 is 0 Å². The van der Waals surface area contributed by atoms with Gasteiger partial charge in [0.2, 0.25) is 11.7 Å². The lowest BCUT2D eigenvalue weighted by atomic mass is 10.2. The van der Waals surface area contributed by atoms with Crippen LogP contribution in [-0.2, 0) is 13.1 Å². The van der Waals surface area contributed by atoms with Crippen LogP contribution >= 0.6 is 35.6 Å². The van der Waals surface area contributed by atoms with Crippen LogP contribution in [0, 0.1) is 0 Å². The van der Waals surface area contributed by atoms with Gasteiger partial charge in [0.05, 0.1) is 13.1 Å². The highest BCUT2D eigenvalue weighted by Crippen LogP contribution is 2.19. The van der Waals surface area contributed by atoms with Gasteiger partial charge in [-0.2, -0.15) is 4.98 Å². The van der Waals surface area contributed by atoms with E-state index in [1.165, 1.54) is 0 Å². The van der Waals surface area contributed by atoms with Crippen LogP contribution in [0.5, 0.6) is 0 Å². The molecule has 0 aliphatic heterocycles. The zero-order chi connectivity index (χ0) is 19.3. The molecule has 29 heavy (non-hydrogen) atoms. The number of rotatable bonds is 5. The number of aliphatic imine (C=N–C) groups is 1. The number of nitrogens with one attached hydrogen (secondary N) is 2. The fourth-order valence-electron chi connectivity index (χ4n) is 2.63. The van der Waals surface area contributed by atoms with Crippen molar-refractivity contribution in [1.29, 1.82) is 0 Å². The van der Waals surface area contributed by atoms with Crippen LogP contribution in [0.15, 0.2) is 58.2 Å². The lowest BCUT2D eigenvalue weighted by molar-refractivity contribution is 0.375. The van der Waals surface area contributed by atoms with Crippen LogP contribution in [0.25, 0.3) is 17.0 Å². The molecule has 3 heterocycles. The van der Waals surface area contributed by atoms with Gasteiger partial charge in [-0.25, -0.2) is 0 Å². The third kappa shape index (κ3) is 5.01. The maximum Gasteiger partial charge on any atom is 0.246 e. The summed E-state index contributed by atoms with van der Waals surface area (Å²) in [5.74, 6) is 2.28. The first kappa shape index (κ1) is 21.0. The first-order valence-electron chi connectivity index (χ1n) is 8.54. The Balaban J connectivity index is 0.00000240. The van der Waals surface area contributed by atoms with E-state index in [-0.39, 0.29) is 24.0 Å². The molecule has 0 spiro atoms. The van der Waals surface area contributed by atoms with Crippen molar-refractivity contribution in [2.75, 3.05) is 7.05 Å². The molecule has 0 atom stereocenters. The Hall–Kier alpha value is -2.73. The molecule has 2 N–H and O–H groups in total. The van der Waals surface area contributed by atoms with Gasteiger partial charge < -0.3 is 15.2 Å². The van der Waals surface area contributed by atoms with Gasteiger partial charge in [-0.1, -0.05) is 35.0 Å². The summed E-state index contributed by atoms with van der Waals surface area (Å²) in [6.45, 7) is 0.788. The number of nitrogens with zero attached hydrogens (tertiary/aromatic N) is 6. The second kappa shape index (κ2) is 9.65. The minimum Gasteiger partial charge on any atom is -0.349 e. The number of guanidine groups is 1. The zero-order valence-electron chi connectivity index (χ0n) is 15.4. The van der Waals surface area contributed by atoms with Crippen molar-refractivity contribution in [3.63, 3.8) is 0 Å². The number of aromatic nitrogens is 5.